The summed E-state index contributed by atoms with van der Waals surface area (Å²) in [6.45, 7) is 3.99. The van der Waals surface area contributed by atoms with E-state index < -0.39 is 5.41 Å². The summed E-state index contributed by atoms with van der Waals surface area (Å²) >= 11 is 0. The molecule has 0 bridgehead atoms. The fourth-order valence-corrected chi connectivity index (χ4v) is 2.82. The summed E-state index contributed by atoms with van der Waals surface area (Å²) in [6.07, 6.45) is 1.43. The number of ketones is 1. The molecule has 1 aliphatic rings. The Morgan fingerprint density at radius 3 is 2.50 bits per heavy atom. The van der Waals surface area contributed by atoms with Crippen LogP contribution in [0.5, 0.6) is 5.75 Å². The first-order valence-corrected chi connectivity index (χ1v) is 6.10. The van der Waals surface area contributed by atoms with Gasteiger partial charge in [0.25, 0.3) is 0 Å². The SMILES string of the molecule is CCC1(CC)/C(=N/O)C(=O)c2ccc(OC)cc21. The van der Waals surface area contributed by atoms with Crippen molar-refractivity contribution >= 4 is 11.5 Å². The topological polar surface area (TPSA) is 58.9 Å². The summed E-state index contributed by atoms with van der Waals surface area (Å²) in [5.41, 5.74) is 1.28. The summed E-state index contributed by atoms with van der Waals surface area (Å²) < 4.78 is 5.21. The number of carbonyl (C=O) groups excluding carboxylic acids is 1. The summed E-state index contributed by atoms with van der Waals surface area (Å²) in [5.74, 6) is 0.533. The average Bonchev–Trinajstić information content (AvgIpc) is 2.67. The maximum atomic E-state index is 12.2. The van der Waals surface area contributed by atoms with Crippen LogP contribution in [0, 0.1) is 0 Å². The number of hydrogen-bond donors (Lipinski definition) is 1. The van der Waals surface area contributed by atoms with E-state index in [0.29, 0.717) is 11.3 Å². The van der Waals surface area contributed by atoms with E-state index in [4.69, 9.17) is 9.94 Å². The molecule has 0 spiro atoms. The molecular formula is C14H17NO3. The molecule has 4 nitrogen and oxygen atoms in total. The highest BCUT2D eigenvalue weighted by atomic mass is 16.5. The molecule has 0 heterocycles. The Balaban J connectivity index is 2.72. The Hall–Kier alpha value is -1.84. The highest BCUT2D eigenvalue weighted by Crippen LogP contribution is 2.43. The maximum Gasteiger partial charge on any atom is 0.211 e. The van der Waals surface area contributed by atoms with Gasteiger partial charge in [0.1, 0.15) is 11.5 Å². The van der Waals surface area contributed by atoms with E-state index in [1.807, 2.05) is 19.9 Å². The van der Waals surface area contributed by atoms with Crippen molar-refractivity contribution in [2.75, 3.05) is 7.11 Å². The van der Waals surface area contributed by atoms with E-state index in [1.165, 1.54) is 0 Å². The fourth-order valence-electron chi connectivity index (χ4n) is 2.82. The van der Waals surface area contributed by atoms with Crippen LogP contribution in [-0.4, -0.2) is 23.8 Å². The zero-order valence-corrected chi connectivity index (χ0v) is 10.9. The van der Waals surface area contributed by atoms with Gasteiger partial charge in [0.15, 0.2) is 0 Å². The molecule has 0 atom stereocenters. The van der Waals surface area contributed by atoms with Crippen LogP contribution in [0.2, 0.25) is 0 Å². The second kappa shape index (κ2) is 4.44. The van der Waals surface area contributed by atoms with Crippen molar-refractivity contribution in [3.05, 3.63) is 29.3 Å². The Morgan fingerprint density at radius 2 is 2.00 bits per heavy atom. The zero-order valence-electron chi connectivity index (χ0n) is 10.9. The molecule has 0 aliphatic heterocycles. The van der Waals surface area contributed by atoms with Crippen molar-refractivity contribution in [2.24, 2.45) is 5.16 Å². The molecular weight excluding hydrogens is 230 g/mol. The van der Waals surface area contributed by atoms with Gasteiger partial charge in [-0.1, -0.05) is 19.0 Å². The molecule has 0 amide bonds. The minimum Gasteiger partial charge on any atom is -0.497 e. The van der Waals surface area contributed by atoms with Crippen LogP contribution >= 0.6 is 0 Å². The van der Waals surface area contributed by atoms with Crippen LogP contribution in [0.15, 0.2) is 23.4 Å². The van der Waals surface area contributed by atoms with Crippen molar-refractivity contribution in [3.63, 3.8) is 0 Å². The molecule has 1 aromatic rings. The predicted molar refractivity (Wildman–Crippen MR) is 68.8 cm³/mol. The Kier molecular flexibility index (Phi) is 3.11. The summed E-state index contributed by atoms with van der Waals surface area (Å²) in [4.78, 5) is 12.2. The first kappa shape index (κ1) is 12.6. The van der Waals surface area contributed by atoms with Crippen LogP contribution in [0.1, 0.15) is 42.6 Å². The Bertz CT molecular complexity index is 516. The molecule has 0 saturated heterocycles. The number of nitrogens with zero attached hydrogens (tertiary/aromatic N) is 1. The van der Waals surface area contributed by atoms with Crippen molar-refractivity contribution in [2.45, 2.75) is 32.1 Å². The third kappa shape index (κ3) is 1.45. The van der Waals surface area contributed by atoms with Crippen LogP contribution < -0.4 is 4.74 Å². The highest BCUT2D eigenvalue weighted by molar-refractivity contribution is 6.52. The minimum atomic E-state index is -0.490. The number of benzene rings is 1. The Labute approximate surface area is 106 Å². The van der Waals surface area contributed by atoms with E-state index in [0.717, 1.165) is 18.4 Å². The van der Waals surface area contributed by atoms with Crippen LogP contribution in [0.25, 0.3) is 0 Å². The monoisotopic (exact) mass is 247 g/mol. The molecule has 0 fully saturated rings. The molecule has 0 unspecified atom stereocenters. The quantitative estimate of drug-likeness (QED) is 0.660. The zero-order chi connectivity index (χ0) is 13.3. The molecule has 96 valence electrons. The second-order valence-corrected chi connectivity index (χ2v) is 4.48. The van der Waals surface area contributed by atoms with Gasteiger partial charge in [-0.3, -0.25) is 4.79 Å². The van der Waals surface area contributed by atoms with Gasteiger partial charge < -0.3 is 9.94 Å². The number of carbonyl (C=O) groups is 1. The van der Waals surface area contributed by atoms with Gasteiger partial charge in [0.05, 0.1) is 7.11 Å². The van der Waals surface area contributed by atoms with E-state index in [2.05, 4.69) is 5.16 Å². The number of hydrogen-bond acceptors (Lipinski definition) is 4. The van der Waals surface area contributed by atoms with Crippen molar-refractivity contribution in [3.8, 4) is 5.75 Å². The number of fused-ring (bicyclic) bond motifs is 1. The van der Waals surface area contributed by atoms with E-state index in [-0.39, 0.29) is 11.5 Å². The molecule has 18 heavy (non-hydrogen) atoms. The van der Waals surface area contributed by atoms with Gasteiger partial charge in [0, 0.05) is 11.0 Å². The number of Topliss-reactive ketones (excluding diaryl/α,β-unsaturated/α-hetero) is 1. The third-order valence-corrected chi connectivity index (χ3v) is 3.96. The lowest BCUT2D eigenvalue weighted by Crippen LogP contribution is -2.33. The fraction of sp³-hybridized carbons (Fsp3) is 0.429. The standard InChI is InChI=1S/C14H17NO3/c1-4-14(5-2)11-8-9(18-3)6-7-10(11)12(16)13(14)15-17/h6-8,17H,4-5H2,1-3H3/b15-13+. The van der Waals surface area contributed by atoms with E-state index in [9.17, 15) is 4.79 Å². The van der Waals surface area contributed by atoms with Crippen molar-refractivity contribution in [1.82, 2.24) is 0 Å². The number of methoxy groups -OCH3 is 1. The first-order valence-electron chi connectivity index (χ1n) is 6.10. The molecule has 0 aromatic heterocycles. The second-order valence-electron chi connectivity index (χ2n) is 4.48. The van der Waals surface area contributed by atoms with Gasteiger partial charge in [-0.15, -0.1) is 0 Å². The molecule has 4 heteroatoms. The van der Waals surface area contributed by atoms with Crippen molar-refractivity contribution < 1.29 is 14.7 Å². The Morgan fingerprint density at radius 1 is 1.33 bits per heavy atom. The molecule has 2 rings (SSSR count). The van der Waals surface area contributed by atoms with Crippen LogP contribution in [-0.2, 0) is 5.41 Å². The molecule has 0 radical (unpaired) electrons. The first-order chi connectivity index (χ1) is 8.64. The summed E-state index contributed by atoms with van der Waals surface area (Å²) in [6, 6.07) is 5.38. The van der Waals surface area contributed by atoms with Crippen LogP contribution in [0.3, 0.4) is 0 Å². The molecule has 1 aromatic carbocycles. The lowest BCUT2D eigenvalue weighted by Gasteiger charge is -2.26. The van der Waals surface area contributed by atoms with Crippen LogP contribution in [0.4, 0.5) is 0 Å². The molecule has 0 saturated carbocycles. The summed E-state index contributed by atoms with van der Waals surface area (Å²) in [5, 5.41) is 12.4. The average molecular weight is 247 g/mol. The number of rotatable bonds is 3. The van der Waals surface area contributed by atoms with Gasteiger partial charge >= 0.3 is 0 Å². The van der Waals surface area contributed by atoms with Gasteiger partial charge in [-0.2, -0.15) is 0 Å². The van der Waals surface area contributed by atoms with Gasteiger partial charge in [-0.25, -0.2) is 0 Å². The minimum absolute atomic E-state index is 0.182. The lowest BCUT2D eigenvalue weighted by molar-refractivity contribution is 0.106. The smallest absolute Gasteiger partial charge is 0.211 e. The largest absolute Gasteiger partial charge is 0.497 e. The lowest BCUT2D eigenvalue weighted by atomic mass is 9.76. The third-order valence-electron chi connectivity index (χ3n) is 3.96. The number of ether oxygens (including phenoxy) is 1. The van der Waals surface area contributed by atoms with Gasteiger partial charge in [0.2, 0.25) is 5.78 Å². The van der Waals surface area contributed by atoms with Crippen molar-refractivity contribution in [1.29, 1.82) is 0 Å². The van der Waals surface area contributed by atoms with E-state index >= 15 is 0 Å². The predicted octanol–water partition coefficient (Wildman–Crippen LogP) is 2.78. The highest BCUT2D eigenvalue weighted by Gasteiger charge is 2.47. The maximum absolute atomic E-state index is 12.2. The molecule has 1 N–H and O–H groups in total. The summed E-state index contributed by atoms with van der Waals surface area (Å²) in [7, 11) is 1.60. The number of oxime groups is 1. The molecule has 1 aliphatic carbocycles. The van der Waals surface area contributed by atoms with Gasteiger partial charge in [-0.05, 0) is 36.6 Å². The normalized spacial score (nSPS) is 19.1. The van der Waals surface area contributed by atoms with E-state index in [1.54, 1.807) is 19.2 Å².